The van der Waals surface area contributed by atoms with Gasteiger partial charge in [0.05, 0.1) is 19.8 Å². The minimum atomic E-state index is -0.608. The second-order valence-electron chi connectivity index (χ2n) is 10.4. The Bertz CT molecular complexity index is 850. The Labute approximate surface area is 192 Å². The lowest BCUT2D eigenvalue weighted by atomic mass is 9.78. The number of hydrogen-bond donors (Lipinski definition) is 0. The van der Waals surface area contributed by atoms with E-state index in [0.29, 0.717) is 19.8 Å². The highest BCUT2D eigenvalue weighted by Crippen LogP contribution is 2.49. The number of hydrogen-bond acceptors (Lipinski definition) is 5. The molecule has 2 fully saturated rings. The molecule has 2 aromatic carbocycles. The van der Waals surface area contributed by atoms with Crippen molar-refractivity contribution in [2.24, 2.45) is 0 Å². The first kappa shape index (κ1) is 23.4. The summed E-state index contributed by atoms with van der Waals surface area (Å²) in [6.45, 7) is 12.6. The summed E-state index contributed by atoms with van der Waals surface area (Å²) in [6, 6.07) is 20.6. The predicted octanol–water partition coefficient (Wildman–Crippen LogP) is 5.66. The van der Waals surface area contributed by atoms with Gasteiger partial charge in [0, 0.05) is 23.9 Å². The third-order valence-electron chi connectivity index (χ3n) is 6.37. The molecule has 5 heteroatoms. The summed E-state index contributed by atoms with van der Waals surface area (Å²) in [5.74, 6) is -0.608. The van der Waals surface area contributed by atoms with Crippen molar-refractivity contribution in [1.29, 1.82) is 0 Å². The molecular formula is C27H37NO4. The van der Waals surface area contributed by atoms with Crippen LogP contribution >= 0.6 is 0 Å². The molecule has 32 heavy (non-hydrogen) atoms. The first-order valence-electron chi connectivity index (χ1n) is 11.6. The van der Waals surface area contributed by atoms with E-state index in [9.17, 15) is 0 Å². The maximum Gasteiger partial charge on any atom is 0.172 e. The van der Waals surface area contributed by atoms with Crippen molar-refractivity contribution in [1.82, 2.24) is 5.06 Å². The van der Waals surface area contributed by atoms with Crippen LogP contribution in [0.3, 0.4) is 0 Å². The fourth-order valence-corrected chi connectivity index (χ4v) is 5.34. The highest BCUT2D eigenvalue weighted by molar-refractivity contribution is 5.17. The van der Waals surface area contributed by atoms with E-state index in [1.54, 1.807) is 0 Å². The van der Waals surface area contributed by atoms with Gasteiger partial charge in [0.2, 0.25) is 0 Å². The number of nitrogens with zero attached hydrogens (tertiary/aromatic N) is 1. The molecule has 2 aliphatic rings. The van der Waals surface area contributed by atoms with Crippen molar-refractivity contribution in [2.75, 3.05) is 13.2 Å². The summed E-state index contributed by atoms with van der Waals surface area (Å²) in [6.07, 6.45) is 1.38. The lowest BCUT2D eigenvalue weighted by Crippen LogP contribution is -2.65. The Morgan fingerprint density at radius 2 is 1.53 bits per heavy atom. The largest absolute Gasteiger partial charge is 0.374 e. The van der Waals surface area contributed by atoms with Crippen LogP contribution in [0.25, 0.3) is 0 Å². The molecule has 4 rings (SSSR count). The highest BCUT2D eigenvalue weighted by atomic mass is 16.8. The van der Waals surface area contributed by atoms with Gasteiger partial charge in [-0.2, -0.15) is 5.06 Å². The molecule has 0 amide bonds. The van der Waals surface area contributed by atoms with Gasteiger partial charge in [-0.05, 0) is 45.7 Å². The highest BCUT2D eigenvalue weighted by Gasteiger charge is 2.58. The molecule has 0 bridgehead atoms. The van der Waals surface area contributed by atoms with E-state index >= 15 is 0 Å². The third-order valence-corrected chi connectivity index (χ3v) is 6.37. The fraction of sp³-hybridized carbons (Fsp3) is 0.556. The number of rotatable bonds is 7. The van der Waals surface area contributed by atoms with Crippen molar-refractivity contribution in [3.8, 4) is 0 Å². The summed E-state index contributed by atoms with van der Waals surface area (Å²) < 4.78 is 18.8. The van der Waals surface area contributed by atoms with Gasteiger partial charge in [-0.3, -0.25) is 4.84 Å². The second-order valence-corrected chi connectivity index (χ2v) is 10.4. The van der Waals surface area contributed by atoms with Crippen LogP contribution in [0, 0.1) is 0 Å². The van der Waals surface area contributed by atoms with Crippen LogP contribution in [0.1, 0.15) is 64.7 Å². The molecule has 174 valence electrons. The van der Waals surface area contributed by atoms with Gasteiger partial charge in [0.1, 0.15) is 12.2 Å². The molecule has 0 aliphatic carbocycles. The first-order chi connectivity index (χ1) is 15.2. The number of benzene rings is 2. The standard InChI is InChI=1S/C27H37NO4/c1-21(23-14-10-7-11-15-23)32-28-25(2,3)19-27(20-26(28,4)5)30-18-24(31-27)17-29-16-22-12-8-6-9-13-22/h6-15,21,24H,16-20H2,1-5H3. The van der Waals surface area contributed by atoms with Gasteiger partial charge in [-0.25, -0.2) is 0 Å². The van der Waals surface area contributed by atoms with E-state index in [-0.39, 0.29) is 23.3 Å². The Balaban J connectivity index is 1.38. The number of piperidine rings is 1. The average Bonchev–Trinajstić information content (AvgIpc) is 3.12. The summed E-state index contributed by atoms with van der Waals surface area (Å²) in [4.78, 5) is 6.55. The van der Waals surface area contributed by atoms with E-state index in [1.807, 2.05) is 24.3 Å². The maximum absolute atomic E-state index is 6.55. The van der Waals surface area contributed by atoms with Crippen molar-refractivity contribution in [3.63, 3.8) is 0 Å². The molecule has 2 aromatic rings. The molecule has 0 aromatic heterocycles. The topological polar surface area (TPSA) is 40.2 Å². The molecule has 2 heterocycles. The normalized spacial score (nSPS) is 25.1. The van der Waals surface area contributed by atoms with E-state index in [2.05, 4.69) is 76.1 Å². The first-order valence-corrected chi connectivity index (χ1v) is 11.6. The molecule has 0 N–H and O–H groups in total. The lowest BCUT2D eigenvalue weighted by Gasteiger charge is -2.56. The molecule has 2 unspecified atom stereocenters. The molecule has 5 nitrogen and oxygen atoms in total. The maximum atomic E-state index is 6.55. The van der Waals surface area contributed by atoms with Crippen molar-refractivity contribution < 1.29 is 19.0 Å². The Morgan fingerprint density at radius 1 is 0.938 bits per heavy atom. The molecule has 0 saturated carbocycles. The molecular weight excluding hydrogens is 402 g/mol. The lowest BCUT2D eigenvalue weighted by molar-refractivity contribution is -0.351. The van der Waals surface area contributed by atoms with Crippen LogP contribution in [0.2, 0.25) is 0 Å². The zero-order valence-corrected chi connectivity index (χ0v) is 20.0. The smallest absolute Gasteiger partial charge is 0.172 e. The molecule has 2 atom stereocenters. The summed E-state index contributed by atoms with van der Waals surface area (Å²) in [5.41, 5.74) is 1.82. The van der Waals surface area contributed by atoms with Gasteiger partial charge in [-0.1, -0.05) is 60.7 Å². The zero-order chi connectivity index (χ0) is 22.8. The van der Waals surface area contributed by atoms with E-state index < -0.39 is 5.79 Å². The van der Waals surface area contributed by atoms with E-state index in [1.165, 1.54) is 11.1 Å². The van der Waals surface area contributed by atoms with Crippen LogP contribution in [-0.2, 0) is 25.7 Å². The van der Waals surface area contributed by atoms with Crippen LogP contribution in [0.4, 0.5) is 0 Å². The van der Waals surface area contributed by atoms with Gasteiger partial charge < -0.3 is 14.2 Å². The molecule has 0 radical (unpaired) electrons. The summed E-state index contributed by atoms with van der Waals surface area (Å²) >= 11 is 0. The Kier molecular flexibility index (Phi) is 6.76. The van der Waals surface area contributed by atoms with Gasteiger partial charge in [-0.15, -0.1) is 0 Å². The summed E-state index contributed by atoms with van der Waals surface area (Å²) in [7, 11) is 0. The van der Waals surface area contributed by atoms with E-state index in [0.717, 1.165) is 12.8 Å². The van der Waals surface area contributed by atoms with Gasteiger partial charge in [0.15, 0.2) is 5.79 Å². The SMILES string of the molecule is CC(ON1C(C)(C)CC2(CC1(C)C)OCC(COCc1ccccc1)O2)c1ccccc1. The van der Waals surface area contributed by atoms with Crippen LogP contribution < -0.4 is 0 Å². The monoisotopic (exact) mass is 439 g/mol. The Hall–Kier alpha value is -1.76. The van der Waals surface area contributed by atoms with E-state index in [4.69, 9.17) is 19.0 Å². The second kappa shape index (κ2) is 9.24. The summed E-state index contributed by atoms with van der Waals surface area (Å²) in [5, 5.41) is 2.16. The molecule has 2 saturated heterocycles. The minimum Gasteiger partial charge on any atom is -0.374 e. The fourth-order valence-electron chi connectivity index (χ4n) is 5.34. The van der Waals surface area contributed by atoms with Crippen LogP contribution in [0.5, 0.6) is 0 Å². The third kappa shape index (κ3) is 5.24. The predicted molar refractivity (Wildman–Crippen MR) is 125 cm³/mol. The van der Waals surface area contributed by atoms with Gasteiger partial charge in [0.25, 0.3) is 0 Å². The quantitative estimate of drug-likeness (QED) is 0.557. The molecule has 1 spiro atoms. The van der Waals surface area contributed by atoms with Crippen molar-refractivity contribution >= 4 is 0 Å². The van der Waals surface area contributed by atoms with Gasteiger partial charge >= 0.3 is 0 Å². The average molecular weight is 440 g/mol. The van der Waals surface area contributed by atoms with Crippen molar-refractivity contribution in [3.05, 3.63) is 71.8 Å². The Morgan fingerprint density at radius 3 is 2.16 bits per heavy atom. The van der Waals surface area contributed by atoms with Crippen molar-refractivity contribution in [2.45, 2.75) is 83.1 Å². The molecule has 2 aliphatic heterocycles. The minimum absolute atomic E-state index is 0.0339. The number of ether oxygens (including phenoxy) is 3. The number of hydroxylamine groups is 2. The van der Waals surface area contributed by atoms with Crippen LogP contribution in [0.15, 0.2) is 60.7 Å². The van der Waals surface area contributed by atoms with Crippen LogP contribution in [-0.4, -0.2) is 41.2 Å². The zero-order valence-electron chi connectivity index (χ0n) is 20.0.